The predicted molar refractivity (Wildman–Crippen MR) is 111 cm³/mol. The van der Waals surface area contributed by atoms with Gasteiger partial charge in [-0.3, -0.25) is 4.98 Å². The summed E-state index contributed by atoms with van der Waals surface area (Å²) < 4.78 is 24.2. The Morgan fingerprint density at radius 3 is 2.77 bits per heavy atom. The van der Waals surface area contributed by atoms with Crippen LogP contribution in [-0.2, 0) is 4.74 Å². The maximum absolute atomic E-state index is 13.7. The van der Waals surface area contributed by atoms with Gasteiger partial charge in [-0.25, -0.2) is 14.2 Å². The van der Waals surface area contributed by atoms with Gasteiger partial charge in [-0.2, -0.15) is 4.98 Å². The molecule has 1 aliphatic rings. The van der Waals surface area contributed by atoms with E-state index in [0.29, 0.717) is 54.9 Å². The molecule has 0 atom stereocenters. The first-order valence-corrected chi connectivity index (χ1v) is 9.54. The zero-order valence-electron chi connectivity index (χ0n) is 16.7. The van der Waals surface area contributed by atoms with Crippen molar-refractivity contribution in [3.05, 3.63) is 54.2 Å². The number of rotatable bonds is 6. The van der Waals surface area contributed by atoms with E-state index in [4.69, 9.17) is 9.47 Å². The van der Waals surface area contributed by atoms with Crippen LogP contribution in [0.25, 0.3) is 11.1 Å². The van der Waals surface area contributed by atoms with Crippen molar-refractivity contribution in [3.8, 4) is 16.9 Å². The molecule has 2 N–H and O–H groups in total. The maximum Gasteiger partial charge on any atom is 0.337 e. The lowest BCUT2D eigenvalue weighted by Crippen LogP contribution is -2.37. The standard InChI is InChI=1S/C21H20FN5O4/c1-30-18-9-15(2-3-17(18)22)25-21-24-12-16(13-8-14(20(28)29)11-23-10-13)19(26-21)27-4-6-31-7-5-27/h2-3,8-12H,4-7H2,1H3,(H,28,29)(H,24,25,26). The number of carboxylic acid groups (broad SMARTS) is 1. The fourth-order valence-corrected chi connectivity index (χ4v) is 3.22. The number of carboxylic acids is 1. The van der Waals surface area contributed by atoms with Crippen LogP contribution in [0.3, 0.4) is 0 Å². The van der Waals surface area contributed by atoms with E-state index in [1.807, 2.05) is 4.90 Å². The van der Waals surface area contributed by atoms with Crippen LogP contribution in [0.4, 0.5) is 21.8 Å². The number of benzene rings is 1. The second-order valence-corrected chi connectivity index (χ2v) is 6.77. The highest BCUT2D eigenvalue weighted by atomic mass is 19.1. The molecule has 0 amide bonds. The Hall–Kier alpha value is -3.79. The highest BCUT2D eigenvalue weighted by molar-refractivity contribution is 5.89. The summed E-state index contributed by atoms with van der Waals surface area (Å²) >= 11 is 0. The molecule has 0 unspecified atom stereocenters. The first kappa shape index (κ1) is 20.5. The van der Waals surface area contributed by atoms with Crippen molar-refractivity contribution in [3.63, 3.8) is 0 Å². The molecule has 9 nitrogen and oxygen atoms in total. The van der Waals surface area contributed by atoms with Crippen LogP contribution in [0.15, 0.2) is 42.9 Å². The van der Waals surface area contributed by atoms with Gasteiger partial charge in [0.25, 0.3) is 0 Å². The number of methoxy groups -OCH3 is 1. The van der Waals surface area contributed by atoms with Crippen molar-refractivity contribution in [1.82, 2.24) is 15.0 Å². The molecule has 3 heterocycles. The topological polar surface area (TPSA) is 110 Å². The van der Waals surface area contributed by atoms with E-state index < -0.39 is 11.8 Å². The summed E-state index contributed by atoms with van der Waals surface area (Å²) in [5, 5.41) is 12.4. The zero-order chi connectivity index (χ0) is 21.8. The molecule has 160 valence electrons. The molecule has 1 fully saturated rings. The summed E-state index contributed by atoms with van der Waals surface area (Å²) in [6.45, 7) is 2.35. The van der Waals surface area contributed by atoms with Gasteiger partial charge in [0, 0.05) is 54.6 Å². The molecule has 1 saturated heterocycles. The Morgan fingerprint density at radius 2 is 2.03 bits per heavy atom. The Labute approximate surface area is 177 Å². The fraction of sp³-hybridized carbons (Fsp3) is 0.238. The summed E-state index contributed by atoms with van der Waals surface area (Å²) in [6.07, 6.45) is 4.48. The minimum absolute atomic E-state index is 0.0750. The molecule has 3 aromatic rings. The molecular weight excluding hydrogens is 405 g/mol. The van der Waals surface area contributed by atoms with Gasteiger partial charge in [-0.15, -0.1) is 0 Å². The number of anilines is 3. The second kappa shape index (κ2) is 8.92. The third kappa shape index (κ3) is 4.53. The Bertz CT molecular complexity index is 1100. The van der Waals surface area contributed by atoms with Gasteiger partial charge in [0.05, 0.1) is 25.9 Å². The van der Waals surface area contributed by atoms with E-state index in [9.17, 15) is 14.3 Å². The SMILES string of the molecule is COc1cc(Nc2ncc(-c3cncc(C(=O)O)c3)c(N3CCOCC3)n2)ccc1F. The molecular formula is C21H20FN5O4. The van der Waals surface area contributed by atoms with Crippen LogP contribution >= 0.6 is 0 Å². The molecule has 0 radical (unpaired) electrons. The minimum atomic E-state index is -1.06. The molecule has 1 aliphatic heterocycles. The molecule has 0 aliphatic carbocycles. The Kier molecular flexibility index (Phi) is 5.89. The van der Waals surface area contributed by atoms with Crippen LogP contribution in [0.1, 0.15) is 10.4 Å². The van der Waals surface area contributed by atoms with Gasteiger partial charge < -0.3 is 24.8 Å². The predicted octanol–water partition coefficient (Wildman–Crippen LogP) is 2.96. The number of nitrogens with zero attached hydrogens (tertiary/aromatic N) is 4. The summed E-state index contributed by atoms with van der Waals surface area (Å²) in [6, 6.07) is 5.91. The second-order valence-electron chi connectivity index (χ2n) is 6.77. The smallest absolute Gasteiger partial charge is 0.337 e. The first-order valence-electron chi connectivity index (χ1n) is 9.54. The third-order valence-corrected chi connectivity index (χ3v) is 4.78. The van der Waals surface area contributed by atoms with Gasteiger partial charge in [-0.05, 0) is 18.2 Å². The molecule has 0 bridgehead atoms. The van der Waals surface area contributed by atoms with Crippen molar-refractivity contribution < 1.29 is 23.8 Å². The number of ether oxygens (including phenoxy) is 2. The zero-order valence-corrected chi connectivity index (χ0v) is 16.7. The summed E-state index contributed by atoms with van der Waals surface area (Å²) in [7, 11) is 1.39. The highest BCUT2D eigenvalue weighted by Gasteiger charge is 2.20. The molecule has 10 heteroatoms. The average Bonchev–Trinajstić information content (AvgIpc) is 2.81. The van der Waals surface area contributed by atoms with Gasteiger partial charge in [0.15, 0.2) is 11.6 Å². The Balaban J connectivity index is 1.72. The van der Waals surface area contributed by atoms with Gasteiger partial charge >= 0.3 is 5.97 Å². The number of morpholine rings is 1. The van der Waals surface area contributed by atoms with Gasteiger partial charge in [0.2, 0.25) is 5.95 Å². The van der Waals surface area contributed by atoms with Crippen molar-refractivity contribution >= 4 is 23.4 Å². The highest BCUT2D eigenvalue weighted by Crippen LogP contribution is 2.31. The van der Waals surface area contributed by atoms with Gasteiger partial charge in [-0.1, -0.05) is 0 Å². The number of aromatic carboxylic acids is 1. The molecule has 1 aromatic carbocycles. The van der Waals surface area contributed by atoms with Crippen molar-refractivity contribution in [2.45, 2.75) is 0 Å². The lowest BCUT2D eigenvalue weighted by molar-refractivity contribution is 0.0696. The number of nitrogens with one attached hydrogen (secondary N) is 1. The van der Waals surface area contributed by atoms with Crippen LogP contribution in [-0.4, -0.2) is 59.4 Å². The number of carbonyl (C=O) groups is 1. The summed E-state index contributed by atoms with van der Waals surface area (Å²) in [5.74, 6) is -0.497. The molecule has 2 aromatic heterocycles. The van der Waals surface area contributed by atoms with Crippen LogP contribution < -0.4 is 15.0 Å². The average molecular weight is 425 g/mol. The molecule has 0 spiro atoms. The van der Waals surface area contributed by atoms with Crippen molar-refractivity contribution in [2.24, 2.45) is 0 Å². The van der Waals surface area contributed by atoms with E-state index >= 15 is 0 Å². The quantitative estimate of drug-likeness (QED) is 0.616. The van der Waals surface area contributed by atoms with E-state index in [0.717, 1.165) is 0 Å². The van der Waals surface area contributed by atoms with Crippen LogP contribution in [0.5, 0.6) is 5.75 Å². The number of pyridine rings is 1. The minimum Gasteiger partial charge on any atom is -0.494 e. The van der Waals surface area contributed by atoms with E-state index in [2.05, 4.69) is 20.3 Å². The lowest BCUT2D eigenvalue weighted by atomic mass is 10.1. The van der Waals surface area contributed by atoms with Gasteiger partial charge in [0.1, 0.15) is 5.82 Å². The fourth-order valence-electron chi connectivity index (χ4n) is 3.22. The molecule has 4 rings (SSSR count). The number of hydrogen-bond donors (Lipinski definition) is 2. The molecule has 0 saturated carbocycles. The summed E-state index contributed by atoms with van der Waals surface area (Å²) in [4.78, 5) is 26.5. The monoisotopic (exact) mass is 425 g/mol. The van der Waals surface area contributed by atoms with E-state index in [1.54, 1.807) is 18.5 Å². The van der Waals surface area contributed by atoms with Crippen molar-refractivity contribution in [2.75, 3.05) is 43.6 Å². The maximum atomic E-state index is 13.7. The summed E-state index contributed by atoms with van der Waals surface area (Å²) in [5.41, 5.74) is 1.88. The van der Waals surface area contributed by atoms with E-state index in [-0.39, 0.29) is 11.3 Å². The van der Waals surface area contributed by atoms with Crippen molar-refractivity contribution in [1.29, 1.82) is 0 Å². The lowest BCUT2D eigenvalue weighted by Gasteiger charge is -2.29. The molecule has 31 heavy (non-hydrogen) atoms. The first-order chi connectivity index (χ1) is 15.0. The number of aromatic nitrogens is 3. The van der Waals surface area contributed by atoms with Crippen LogP contribution in [0, 0.1) is 5.82 Å². The largest absolute Gasteiger partial charge is 0.494 e. The third-order valence-electron chi connectivity index (χ3n) is 4.78. The Morgan fingerprint density at radius 1 is 1.23 bits per heavy atom. The normalized spacial score (nSPS) is 13.7. The number of hydrogen-bond acceptors (Lipinski definition) is 8. The van der Waals surface area contributed by atoms with Crippen LogP contribution in [0.2, 0.25) is 0 Å². The number of halogens is 1. The van der Waals surface area contributed by atoms with E-state index in [1.165, 1.54) is 31.5 Å².